The van der Waals surface area contributed by atoms with Gasteiger partial charge in [0.2, 0.25) is 10.4 Å². The van der Waals surface area contributed by atoms with E-state index in [4.69, 9.17) is 0 Å². The molecule has 0 fully saturated rings. The third-order valence-electron chi connectivity index (χ3n) is 9.63. The molecule has 0 amide bonds. The normalized spacial score (nSPS) is 12.4. The van der Waals surface area contributed by atoms with Crippen LogP contribution in [-0.4, -0.2) is 19.6 Å². The molecular weight excluding hydrogens is 587 g/mol. The summed E-state index contributed by atoms with van der Waals surface area (Å²) in [4.78, 5) is 0. The van der Waals surface area contributed by atoms with Crippen molar-refractivity contribution in [3.63, 3.8) is 0 Å². The van der Waals surface area contributed by atoms with Crippen LogP contribution in [0.5, 0.6) is 0 Å². The van der Waals surface area contributed by atoms with E-state index >= 15 is 0 Å². The quantitative estimate of drug-likeness (QED) is 0.0285. The van der Waals surface area contributed by atoms with E-state index in [0.717, 1.165) is 25.7 Å². The Hall–Kier alpha value is 0.870. The van der Waals surface area contributed by atoms with Gasteiger partial charge in [-0.15, -0.1) is 0 Å². The number of rotatable bonds is 38. The first-order valence-electron chi connectivity index (χ1n) is 20.1. The summed E-state index contributed by atoms with van der Waals surface area (Å²) in [6, 6.07) is 0. The maximum atomic E-state index is 11.0. The van der Waals surface area contributed by atoms with Crippen LogP contribution in [-0.2, 0) is 14.6 Å². The Kier molecular flexibility index (Phi) is 41.9. The first-order valence-corrected chi connectivity index (χ1v) is 21.4. The van der Waals surface area contributed by atoms with E-state index in [1.165, 1.54) is 199 Å². The van der Waals surface area contributed by atoms with Crippen LogP contribution in [0.2, 0.25) is 0 Å². The molecule has 0 aromatic rings. The SMILES string of the molecule is CCCCCCCCCCCCCCCCCCCC(CCCCCCCCCCCCCCCCCC)COS(=O)(=O)[O-].[Na+]. The predicted octanol–water partition coefficient (Wildman–Crippen LogP) is 10.8. The third kappa shape index (κ3) is 42.8. The third-order valence-corrected chi connectivity index (χ3v) is 10.1. The second-order valence-electron chi connectivity index (χ2n) is 14.1. The molecule has 0 aliphatic carbocycles. The van der Waals surface area contributed by atoms with Crippen LogP contribution < -0.4 is 29.6 Å². The average molecular weight is 667 g/mol. The topological polar surface area (TPSA) is 66.4 Å². The van der Waals surface area contributed by atoms with Gasteiger partial charge in [-0.05, 0) is 18.8 Å². The first kappa shape index (κ1) is 48.0. The first-order chi connectivity index (χ1) is 21.5. The molecule has 0 saturated heterocycles. The molecule has 0 spiro atoms. The van der Waals surface area contributed by atoms with Crippen LogP contribution in [0.3, 0.4) is 0 Å². The van der Waals surface area contributed by atoms with Crippen LogP contribution in [0.4, 0.5) is 0 Å². The van der Waals surface area contributed by atoms with Gasteiger partial charge in [0.25, 0.3) is 0 Å². The molecule has 0 aromatic carbocycles. The molecule has 0 N–H and O–H groups in total. The van der Waals surface area contributed by atoms with E-state index in [9.17, 15) is 13.0 Å². The van der Waals surface area contributed by atoms with Gasteiger partial charge in [-0.1, -0.05) is 226 Å². The summed E-state index contributed by atoms with van der Waals surface area (Å²) in [5, 5.41) is 0. The Balaban J connectivity index is 0. The van der Waals surface area contributed by atoms with Gasteiger partial charge in [-0.2, -0.15) is 0 Å². The zero-order chi connectivity index (χ0) is 32.2. The standard InChI is InChI=1S/C39H80O4S.Na/c1-3-5-7-9-11-13-15-17-19-21-23-25-27-29-31-33-35-37-39(38-43-44(40,41)42)36-34-32-30-28-26-24-22-20-18-16-14-12-10-8-6-4-2;/h39H,3-38H2,1-2H3,(H,40,41,42);/q;+1/p-1. The molecule has 0 aromatic heterocycles. The van der Waals surface area contributed by atoms with Gasteiger partial charge in [-0.3, -0.25) is 4.18 Å². The Morgan fingerprint density at radius 3 is 0.800 bits per heavy atom. The Labute approximate surface area is 306 Å². The van der Waals surface area contributed by atoms with Gasteiger partial charge in [0, 0.05) is 0 Å². The molecule has 0 saturated carbocycles. The molecule has 1 atom stereocenters. The fourth-order valence-corrected chi connectivity index (χ4v) is 6.99. The molecule has 0 aliphatic heterocycles. The second kappa shape index (κ2) is 39.3. The second-order valence-corrected chi connectivity index (χ2v) is 15.1. The Morgan fingerprint density at radius 2 is 0.600 bits per heavy atom. The zero-order valence-electron chi connectivity index (χ0n) is 31.1. The molecule has 266 valence electrons. The summed E-state index contributed by atoms with van der Waals surface area (Å²) in [6.07, 6.45) is 46.8. The molecule has 0 bridgehead atoms. The van der Waals surface area contributed by atoms with E-state index in [1.54, 1.807) is 0 Å². The van der Waals surface area contributed by atoms with E-state index in [1.807, 2.05) is 0 Å². The van der Waals surface area contributed by atoms with Crippen molar-refractivity contribution in [1.29, 1.82) is 0 Å². The fraction of sp³-hybridized carbons (Fsp3) is 1.00. The van der Waals surface area contributed by atoms with Crippen LogP contribution in [0.25, 0.3) is 0 Å². The van der Waals surface area contributed by atoms with Gasteiger partial charge < -0.3 is 4.55 Å². The molecule has 6 heteroatoms. The molecule has 0 aliphatic rings. The zero-order valence-corrected chi connectivity index (χ0v) is 33.9. The summed E-state index contributed by atoms with van der Waals surface area (Å²) in [7, 11) is -4.59. The molecule has 4 nitrogen and oxygen atoms in total. The van der Waals surface area contributed by atoms with Crippen LogP contribution in [0.15, 0.2) is 0 Å². The van der Waals surface area contributed by atoms with Crippen LogP contribution >= 0.6 is 0 Å². The number of hydrogen-bond acceptors (Lipinski definition) is 4. The van der Waals surface area contributed by atoms with Crippen molar-refractivity contribution in [3.8, 4) is 0 Å². The summed E-state index contributed by atoms with van der Waals surface area (Å²) < 4.78 is 37.7. The minimum absolute atomic E-state index is 0. The summed E-state index contributed by atoms with van der Waals surface area (Å²) in [5.41, 5.74) is 0. The monoisotopic (exact) mass is 667 g/mol. The Bertz CT molecular complexity index is 643. The smallest absolute Gasteiger partial charge is 0.726 e. The summed E-state index contributed by atoms with van der Waals surface area (Å²) in [5.74, 6) is 0.196. The minimum Gasteiger partial charge on any atom is -0.726 e. The van der Waals surface area contributed by atoms with Crippen molar-refractivity contribution in [2.75, 3.05) is 6.61 Å². The molecular formula is C39H79NaO4S. The largest absolute Gasteiger partial charge is 1.00 e. The number of hydrogen-bond donors (Lipinski definition) is 0. The van der Waals surface area contributed by atoms with Gasteiger partial charge >= 0.3 is 29.6 Å². The molecule has 45 heavy (non-hydrogen) atoms. The predicted molar refractivity (Wildman–Crippen MR) is 192 cm³/mol. The summed E-state index contributed by atoms with van der Waals surface area (Å²) >= 11 is 0. The maximum Gasteiger partial charge on any atom is 1.00 e. The molecule has 1 unspecified atom stereocenters. The van der Waals surface area contributed by atoms with Crippen molar-refractivity contribution in [3.05, 3.63) is 0 Å². The van der Waals surface area contributed by atoms with Gasteiger partial charge in [0.05, 0.1) is 6.61 Å². The number of unbranched alkanes of at least 4 members (excludes halogenated alkanes) is 31. The van der Waals surface area contributed by atoms with Crippen molar-refractivity contribution in [2.45, 2.75) is 239 Å². The van der Waals surface area contributed by atoms with Crippen molar-refractivity contribution in [2.24, 2.45) is 5.92 Å². The van der Waals surface area contributed by atoms with E-state index in [0.29, 0.717) is 0 Å². The molecule has 0 rings (SSSR count). The van der Waals surface area contributed by atoms with E-state index < -0.39 is 10.4 Å². The van der Waals surface area contributed by atoms with E-state index in [-0.39, 0.29) is 42.1 Å². The summed E-state index contributed by atoms with van der Waals surface area (Å²) in [6.45, 7) is 4.64. The average Bonchev–Trinajstić information content (AvgIpc) is 3.00. The molecule has 0 radical (unpaired) electrons. The van der Waals surface area contributed by atoms with E-state index in [2.05, 4.69) is 18.0 Å². The van der Waals surface area contributed by atoms with Crippen molar-refractivity contribution < 1.29 is 46.7 Å². The van der Waals surface area contributed by atoms with Crippen LogP contribution in [0, 0.1) is 5.92 Å². The van der Waals surface area contributed by atoms with Gasteiger partial charge in [-0.25, -0.2) is 8.42 Å². The maximum absolute atomic E-state index is 11.0. The Morgan fingerprint density at radius 1 is 0.400 bits per heavy atom. The fourth-order valence-electron chi connectivity index (χ4n) is 6.63. The van der Waals surface area contributed by atoms with Gasteiger partial charge in [0.1, 0.15) is 0 Å². The van der Waals surface area contributed by atoms with Crippen LogP contribution in [0.1, 0.15) is 239 Å². The van der Waals surface area contributed by atoms with Crippen molar-refractivity contribution in [1.82, 2.24) is 0 Å². The van der Waals surface area contributed by atoms with Crippen molar-refractivity contribution >= 4 is 10.4 Å². The minimum atomic E-state index is -4.59. The molecule has 0 heterocycles. The van der Waals surface area contributed by atoms with Gasteiger partial charge in [0.15, 0.2) is 0 Å².